The average Bonchev–Trinajstić information content (AvgIpc) is 3.42. The number of hydrogen-bond acceptors (Lipinski definition) is 4. The van der Waals surface area contributed by atoms with Gasteiger partial charge >= 0.3 is 6.03 Å². The van der Waals surface area contributed by atoms with Crippen LogP contribution < -0.4 is 5.32 Å². The second-order valence-electron chi connectivity index (χ2n) is 7.09. The molecule has 2 aromatic heterocycles. The van der Waals surface area contributed by atoms with Gasteiger partial charge in [-0.1, -0.05) is 19.0 Å². The summed E-state index contributed by atoms with van der Waals surface area (Å²) in [7, 11) is 0. The zero-order valence-electron chi connectivity index (χ0n) is 15.5. The number of carbonyl (C=O) groups excluding carboxylic acids is 1. The number of amides is 2. The van der Waals surface area contributed by atoms with E-state index >= 15 is 0 Å². The third-order valence-electron chi connectivity index (χ3n) is 4.86. The molecule has 1 aromatic carbocycles. The maximum Gasteiger partial charge on any atom is 0.322 e. The first kappa shape index (κ1) is 17.3. The van der Waals surface area contributed by atoms with E-state index in [-0.39, 0.29) is 18.0 Å². The van der Waals surface area contributed by atoms with Crippen molar-refractivity contribution in [2.75, 3.05) is 11.9 Å². The van der Waals surface area contributed by atoms with E-state index in [1.807, 2.05) is 47.5 Å². The van der Waals surface area contributed by atoms with Gasteiger partial charge in [0.1, 0.15) is 11.5 Å². The van der Waals surface area contributed by atoms with Crippen LogP contribution in [0.3, 0.4) is 0 Å². The van der Waals surface area contributed by atoms with Gasteiger partial charge in [-0.15, -0.1) is 0 Å². The molecule has 0 bridgehead atoms. The number of anilines is 1. The zero-order valence-corrected chi connectivity index (χ0v) is 15.5. The van der Waals surface area contributed by atoms with Crippen molar-refractivity contribution in [1.29, 1.82) is 0 Å². The normalized spacial score (nSPS) is 16.9. The SMILES string of the molecule is CC(C)c1cc([C@H]2CCCN2C(=O)Nc2ccc(-n3cccn3)cc2)no1. The summed E-state index contributed by atoms with van der Waals surface area (Å²) in [5.74, 6) is 1.13. The Hall–Kier alpha value is -3.09. The van der Waals surface area contributed by atoms with Crippen LogP contribution >= 0.6 is 0 Å². The Bertz CT molecular complexity index is 899. The minimum atomic E-state index is -0.113. The van der Waals surface area contributed by atoms with Crippen LogP contribution in [-0.4, -0.2) is 32.4 Å². The van der Waals surface area contributed by atoms with Crippen LogP contribution in [0.2, 0.25) is 0 Å². The number of carbonyl (C=O) groups is 1. The maximum atomic E-state index is 12.8. The van der Waals surface area contributed by atoms with Gasteiger partial charge in [0, 0.05) is 36.6 Å². The van der Waals surface area contributed by atoms with Gasteiger partial charge in [-0.25, -0.2) is 9.48 Å². The zero-order chi connectivity index (χ0) is 18.8. The summed E-state index contributed by atoms with van der Waals surface area (Å²) >= 11 is 0. The Morgan fingerprint density at radius 1 is 1.30 bits per heavy atom. The smallest absolute Gasteiger partial charge is 0.322 e. The number of nitrogens with one attached hydrogen (secondary N) is 1. The fourth-order valence-corrected chi connectivity index (χ4v) is 3.36. The molecule has 4 rings (SSSR count). The molecule has 1 aliphatic rings. The van der Waals surface area contributed by atoms with Crippen molar-refractivity contribution < 1.29 is 9.32 Å². The van der Waals surface area contributed by atoms with Crippen LogP contribution in [0.15, 0.2) is 53.3 Å². The molecule has 1 fully saturated rings. The van der Waals surface area contributed by atoms with E-state index in [9.17, 15) is 4.79 Å². The van der Waals surface area contributed by atoms with Gasteiger partial charge in [0.25, 0.3) is 0 Å². The van der Waals surface area contributed by atoms with Crippen molar-refractivity contribution in [3.8, 4) is 5.69 Å². The molecule has 3 heterocycles. The number of rotatable bonds is 4. The standard InChI is InChI=1S/C20H23N5O2/c1-14(2)19-13-17(23-27-19)18-5-3-11-24(18)20(26)22-15-6-8-16(9-7-15)25-12-4-10-21-25/h4,6-10,12-14,18H,3,5,11H2,1-2H3,(H,22,26)/t18-/m1/s1. The average molecular weight is 365 g/mol. The molecule has 3 aromatic rings. The van der Waals surface area contributed by atoms with Crippen molar-refractivity contribution in [2.24, 2.45) is 0 Å². The first-order valence-electron chi connectivity index (χ1n) is 9.26. The summed E-state index contributed by atoms with van der Waals surface area (Å²) in [6.45, 7) is 4.85. The second-order valence-corrected chi connectivity index (χ2v) is 7.09. The Morgan fingerprint density at radius 2 is 2.11 bits per heavy atom. The molecular weight excluding hydrogens is 342 g/mol. The molecule has 7 nitrogen and oxygen atoms in total. The first-order valence-corrected chi connectivity index (χ1v) is 9.26. The molecule has 0 radical (unpaired) electrons. The van der Waals surface area contributed by atoms with E-state index in [1.54, 1.807) is 10.9 Å². The lowest BCUT2D eigenvalue weighted by Gasteiger charge is -2.23. The quantitative estimate of drug-likeness (QED) is 0.745. The van der Waals surface area contributed by atoms with Gasteiger partial charge in [-0.2, -0.15) is 5.10 Å². The van der Waals surface area contributed by atoms with Crippen molar-refractivity contribution >= 4 is 11.7 Å². The molecule has 1 aliphatic heterocycles. The molecule has 0 spiro atoms. The third kappa shape index (κ3) is 3.58. The second kappa shape index (κ2) is 7.26. The number of aromatic nitrogens is 3. The molecule has 1 atom stereocenters. The Labute approximate surface area is 158 Å². The number of hydrogen-bond donors (Lipinski definition) is 1. The summed E-state index contributed by atoms with van der Waals surface area (Å²) in [5.41, 5.74) is 2.53. The number of nitrogens with zero attached hydrogens (tertiary/aromatic N) is 4. The largest absolute Gasteiger partial charge is 0.361 e. The van der Waals surface area contributed by atoms with Gasteiger partial charge < -0.3 is 14.7 Å². The minimum absolute atomic E-state index is 0.0374. The Morgan fingerprint density at radius 3 is 2.78 bits per heavy atom. The van der Waals surface area contributed by atoms with E-state index in [0.29, 0.717) is 6.54 Å². The number of likely N-dealkylation sites (tertiary alicyclic amines) is 1. The molecule has 27 heavy (non-hydrogen) atoms. The van der Waals surface area contributed by atoms with Crippen LogP contribution in [-0.2, 0) is 0 Å². The summed E-state index contributed by atoms with van der Waals surface area (Å²) < 4.78 is 7.19. The van der Waals surface area contributed by atoms with E-state index in [4.69, 9.17) is 4.52 Å². The highest BCUT2D eigenvalue weighted by atomic mass is 16.5. The minimum Gasteiger partial charge on any atom is -0.361 e. The fraction of sp³-hybridized carbons (Fsp3) is 0.350. The lowest BCUT2D eigenvalue weighted by atomic mass is 10.1. The predicted molar refractivity (Wildman–Crippen MR) is 102 cm³/mol. The van der Waals surface area contributed by atoms with Crippen LogP contribution in [0.25, 0.3) is 5.69 Å². The van der Waals surface area contributed by atoms with E-state index in [1.165, 1.54) is 0 Å². The summed E-state index contributed by atoms with van der Waals surface area (Å²) in [6, 6.07) is 11.3. The molecule has 0 aliphatic carbocycles. The highest BCUT2D eigenvalue weighted by Gasteiger charge is 2.32. The molecule has 2 amide bonds. The monoisotopic (exact) mass is 365 g/mol. The molecule has 7 heteroatoms. The topological polar surface area (TPSA) is 76.2 Å². The van der Waals surface area contributed by atoms with Gasteiger partial charge in [0.15, 0.2) is 0 Å². The van der Waals surface area contributed by atoms with Crippen LogP contribution in [0, 0.1) is 0 Å². The Kier molecular flexibility index (Phi) is 4.66. The van der Waals surface area contributed by atoms with Crippen molar-refractivity contribution in [1.82, 2.24) is 19.8 Å². The third-order valence-corrected chi connectivity index (χ3v) is 4.86. The highest BCUT2D eigenvalue weighted by Crippen LogP contribution is 2.33. The number of benzene rings is 1. The summed E-state index contributed by atoms with van der Waals surface area (Å²) in [5, 5.41) is 11.4. The molecule has 1 saturated heterocycles. The fourth-order valence-electron chi connectivity index (χ4n) is 3.36. The molecular formula is C20H23N5O2. The Balaban J connectivity index is 1.45. The van der Waals surface area contributed by atoms with Gasteiger partial charge in [0.2, 0.25) is 0 Å². The molecule has 0 unspecified atom stereocenters. The maximum absolute atomic E-state index is 12.8. The lowest BCUT2D eigenvalue weighted by molar-refractivity contribution is 0.204. The van der Waals surface area contributed by atoms with Crippen molar-refractivity contribution in [2.45, 2.75) is 38.6 Å². The van der Waals surface area contributed by atoms with E-state index in [2.05, 4.69) is 29.4 Å². The first-order chi connectivity index (χ1) is 13.1. The van der Waals surface area contributed by atoms with E-state index in [0.717, 1.165) is 35.7 Å². The summed E-state index contributed by atoms with van der Waals surface area (Å²) in [4.78, 5) is 14.6. The van der Waals surface area contributed by atoms with Crippen LogP contribution in [0.1, 0.15) is 50.1 Å². The molecule has 1 N–H and O–H groups in total. The van der Waals surface area contributed by atoms with Crippen LogP contribution in [0.4, 0.5) is 10.5 Å². The van der Waals surface area contributed by atoms with Gasteiger partial charge in [-0.05, 0) is 43.2 Å². The molecule has 140 valence electrons. The van der Waals surface area contributed by atoms with Crippen molar-refractivity contribution in [3.63, 3.8) is 0 Å². The highest BCUT2D eigenvalue weighted by molar-refractivity contribution is 5.89. The summed E-state index contributed by atoms with van der Waals surface area (Å²) in [6.07, 6.45) is 5.47. The van der Waals surface area contributed by atoms with E-state index < -0.39 is 0 Å². The van der Waals surface area contributed by atoms with Crippen LogP contribution in [0.5, 0.6) is 0 Å². The van der Waals surface area contributed by atoms with Crippen molar-refractivity contribution in [3.05, 3.63) is 60.2 Å². The van der Waals surface area contributed by atoms with Gasteiger partial charge in [0.05, 0.1) is 11.7 Å². The molecule has 0 saturated carbocycles. The van der Waals surface area contributed by atoms with Gasteiger partial charge in [-0.3, -0.25) is 0 Å². The lowest BCUT2D eigenvalue weighted by Crippen LogP contribution is -2.34. The number of urea groups is 1. The predicted octanol–water partition coefficient (Wildman–Crippen LogP) is 4.35.